The van der Waals surface area contributed by atoms with Crippen molar-refractivity contribution in [2.45, 2.75) is 19.7 Å². The van der Waals surface area contributed by atoms with Crippen molar-refractivity contribution in [3.63, 3.8) is 0 Å². The van der Waals surface area contributed by atoms with Crippen molar-refractivity contribution in [3.05, 3.63) is 17.3 Å². The van der Waals surface area contributed by atoms with E-state index >= 15 is 0 Å². The molecule has 16 heavy (non-hydrogen) atoms. The molecule has 0 unspecified atom stereocenters. The van der Waals surface area contributed by atoms with E-state index in [1.54, 1.807) is 0 Å². The van der Waals surface area contributed by atoms with Gasteiger partial charge in [0.05, 0.1) is 0 Å². The molecule has 0 saturated heterocycles. The van der Waals surface area contributed by atoms with Crippen LogP contribution in [0.25, 0.3) is 0 Å². The zero-order valence-electron chi connectivity index (χ0n) is 7.98. The van der Waals surface area contributed by atoms with Crippen LogP contribution < -0.4 is 10.5 Å². The SMILES string of the molecule is Cc1cnc(N)c(C(F)F)c1OC(F)(F)F. The maximum atomic E-state index is 12.5. The van der Waals surface area contributed by atoms with E-state index in [1.165, 1.54) is 6.92 Å². The van der Waals surface area contributed by atoms with Gasteiger partial charge in [0, 0.05) is 11.8 Å². The fourth-order valence-corrected chi connectivity index (χ4v) is 1.09. The summed E-state index contributed by atoms with van der Waals surface area (Å²) in [7, 11) is 0. The molecule has 0 amide bonds. The molecule has 1 aromatic rings. The molecule has 0 saturated carbocycles. The molecule has 0 aliphatic rings. The van der Waals surface area contributed by atoms with E-state index in [0.29, 0.717) is 0 Å². The van der Waals surface area contributed by atoms with Gasteiger partial charge in [-0.25, -0.2) is 13.8 Å². The maximum Gasteiger partial charge on any atom is 0.573 e. The highest BCUT2D eigenvalue weighted by Crippen LogP contribution is 2.37. The predicted molar refractivity (Wildman–Crippen MR) is 45.0 cm³/mol. The van der Waals surface area contributed by atoms with E-state index in [4.69, 9.17) is 5.73 Å². The van der Waals surface area contributed by atoms with Crippen molar-refractivity contribution in [1.82, 2.24) is 4.98 Å². The van der Waals surface area contributed by atoms with E-state index in [1.807, 2.05) is 0 Å². The Balaban J connectivity index is 3.29. The van der Waals surface area contributed by atoms with E-state index in [0.717, 1.165) is 6.20 Å². The van der Waals surface area contributed by atoms with Gasteiger partial charge in [0.15, 0.2) is 0 Å². The average Bonchev–Trinajstić information content (AvgIpc) is 2.08. The number of halogens is 5. The number of pyridine rings is 1. The third-order valence-corrected chi connectivity index (χ3v) is 1.71. The Morgan fingerprint density at radius 1 is 1.38 bits per heavy atom. The molecule has 0 fully saturated rings. The number of nitrogens with two attached hydrogens (primary N) is 1. The number of aromatic nitrogens is 1. The molecule has 1 aromatic heterocycles. The molecule has 0 bridgehead atoms. The van der Waals surface area contributed by atoms with Crippen LogP contribution in [0.15, 0.2) is 6.20 Å². The van der Waals surface area contributed by atoms with Crippen LogP contribution >= 0.6 is 0 Å². The number of hydrogen-bond acceptors (Lipinski definition) is 3. The first-order valence-electron chi connectivity index (χ1n) is 4.01. The van der Waals surface area contributed by atoms with Gasteiger partial charge in [0.2, 0.25) is 0 Å². The molecule has 0 radical (unpaired) electrons. The van der Waals surface area contributed by atoms with Gasteiger partial charge in [0.25, 0.3) is 6.43 Å². The molecule has 0 spiro atoms. The number of nitrogen functional groups attached to an aromatic ring is 1. The summed E-state index contributed by atoms with van der Waals surface area (Å²) in [6.07, 6.45) is -7.31. The van der Waals surface area contributed by atoms with E-state index < -0.39 is 29.9 Å². The Labute approximate surface area is 87.0 Å². The quantitative estimate of drug-likeness (QED) is 0.811. The standard InChI is InChI=1S/C8H7F5N2O/c1-3-2-15-7(14)4(6(9)10)5(3)16-8(11,12)13/h2,6H,1H3,(H2,14,15). The van der Waals surface area contributed by atoms with Crippen LogP contribution in [0.3, 0.4) is 0 Å². The summed E-state index contributed by atoms with van der Waals surface area (Å²) < 4.78 is 64.4. The first-order chi connectivity index (χ1) is 7.22. The smallest absolute Gasteiger partial charge is 0.405 e. The van der Waals surface area contributed by atoms with Gasteiger partial charge in [-0.05, 0) is 6.92 Å². The Morgan fingerprint density at radius 2 is 1.94 bits per heavy atom. The first-order valence-corrected chi connectivity index (χ1v) is 4.01. The molecule has 8 heteroatoms. The van der Waals surface area contributed by atoms with Gasteiger partial charge in [0.1, 0.15) is 17.1 Å². The third kappa shape index (κ3) is 2.71. The minimum absolute atomic E-state index is 0.165. The highest BCUT2D eigenvalue weighted by Gasteiger charge is 2.35. The largest absolute Gasteiger partial charge is 0.573 e. The van der Waals surface area contributed by atoms with E-state index in [9.17, 15) is 22.0 Å². The zero-order valence-corrected chi connectivity index (χ0v) is 7.98. The second-order valence-electron chi connectivity index (χ2n) is 2.92. The molecule has 0 aliphatic carbocycles. The fourth-order valence-electron chi connectivity index (χ4n) is 1.09. The van der Waals surface area contributed by atoms with Crippen molar-refractivity contribution < 1.29 is 26.7 Å². The molecule has 3 nitrogen and oxygen atoms in total. The molecule has 1 rings (SSSR count). The van der Waals surface area contributed by atoms with Gasteiger partial charge in [-0.3, -0.25) is 0 Å². The van der Waals surface area contributed by atoms with Crippen LogP contribution in [-0.2, 0) is 0 Å². The Morgan fingerprint density at radius 3 is 2.38 bits per heavy atom. The number of alkyl halides is 5. The van der Waals surface area contributed by atoms with Crippen molar-refractivity contribution >= 4 is 5.82 Å². The summed E-state index contributed by atoms with van der Waals surface area (Å²) in [4.78, 5) is 3.34. The summed E-state index contributed by atoms with van der Waals surface area (Å²) in [5, 5.41) is 0. The van der Waals surface area contributed by atoms with Gasteiger partial charge in [-0.15, -0.1) is 13.2 Å². The number of nitrogens with zero attached hydrogens (tertiary/aromatic N) is 1. The molecule has 0 aromatic carbocycles. The normalized spacial score (nSPS) is 11.9. The van der Waals surface area contributed by atoms with Crippen molar-refractivity contribution in [2.24, 2.45) is 0 Å². The van der Waals surface area contributed by atoms with Crippen molar-refractivity contribution in [1.29, 1.82) is 0 Å². The Bertz CT molecular complexity index is 391. The first kappa shape index (κ1) is 12.5. The van der Waals surface area contributed by atoms with Gasteiger partial charge in [-0.1, -0.05) is 0 Å². The van der Waals surface area contributed by atoms with E-state index in [2.05, 4.69) is 9.72 Å². The zero-order chi connectivity index (χ0) is 12.5. The minimum Gasteiger partial charge on any atom is -0.405 e. The number of hydrogen-bond donors (Lipinski definition) is 1. The van der Waals surface area contributed by atoms with Crippen LogP contribution in [0.1, 0.15) is 17.6 Å². The third-order valence-electron chi connectivity index (χ3n) is 1.71. The molecule has 2 N–H and O–H groups in total. The summed E-state index contributed by atoms with van der Waals surface area (Å²) in [6.45, 7) is 1.17. The van der Waals surface area contributed by atoms with Crippen LogP contribution in [0, 0.1) is 6.92 Å². The molecular formula is C8H7F5N2O. The lowest BCUT2D eigenvalue weighted by Crippen LogP contribution is -2.19. The second-order valence-corrected chi connectivity index (χ2v) is 2.92. The predicted octanol–water partition coefficient (Wildman–Crippen LogP) is 2.81. The van der Waals surface area contributed by atoms with E-state index in [-0.39, 0.29) is 5.56 Å². The summed E-state index contributed by atoms with van der Waals surface area (Å²) in [5.74, 6) is -1.67. The summed E-state index contributed by atoms with van der Waals surface area (Å²) in [5.41, 5.74) is 3.86. The number of anilines is 1. The van der Waals surface area contributed by atoms with Gasteiger partial charge >= 0.3 is 6.36 Å². The van der Waals surface area contributed by atoms with Gasteiger partial charge in [-0.2, -0.15) is 0 Å². The molecule has 90 valence electrons. The number of aryl methyl sites for hydroxylation is 1. The minimum atomic E-state index is -5.05. The fraction of sp³-hybridized carbons (Fsp3) is 0.375. The topological polar surface area (TPSA) is 48.1 Å². The van der Waals surface area contributed by atoms with Crippen LogP contribution in [-0.4, -0.2) is 11.3 Å². The Hall–Kier alpha value is -1.60. The molecule has 1 heterocycles. The van der Waals surface area contributed by atoms with Crippen molar-refractivity contribution in [2.75, 3.05) is 5.73 Å². The number of rotatable bonds is 2. The van der Waals surface area contributed by atoms with Crippen LogP contribution in [0.2, 0.25) is 0 Å². The number of ether oxygens (including phenoxy) is 1. The second kappa shape index (κ2) is 4.11. The summed E-state index contributed by atoms with van der Waals surface area (Å²) >= 11 is 0. The molecular weight excluding hydrogens is 235 g/mol. The lowest BCUT2D eigenvalue weighted by atomic mass is 10.1. The average molecular weight is 242 g/mol. The van der Waals surface area contributed by atoms with Crippen molar-refractivity contribution in [3.8, 4) is 5.75 Å². The lowest BCUT2D eigenvalue weighted by Gasteiger charge is -2.15. The molecule has 0 aliphatic heterocycles. The van der Waals surface area contributed by atoms with Crippen LogP contribution in [0.4, 0.5) is 27.8 Å². The molecule has 0 atom stereocenters. The Kier molecular flexibility index (Phi) is 3.20. The van der Waals surface area contributed by atoms with Crippen LogP contribution in [0.5, 0.6) is 5.75 Å². The highest BCUT2D eigenvalue weighted by molar-refractivity contribution is 5.52. The highest BCUT2D eigenvalue weighted by atomic mass is 19.4. The lowest BCUT2D eigenvalue weighted by molar-refractivity contribution is -0.275. The maximum absolute atomic E-state index is 12.5. The summed E-state index contributed by atoms with van der Waals surface area (Å²) in [6, 6.07) is 0. The monoisotopic (exact) mass is 242 g/mol. The van der Waals surface area contributed by atoms with Gasteiger partial charge < -0.3 is 10.5 Å².